The van der Waals surface area contributed by atoms with Gasteiger partial charge in [-0.1, -0.05) is 11.2 Å². The lowest BCUT2D eigenvalue weighted by atomic mass is 10.1. The molecule has 0 aliphatic rings. The normalized spacial score (nSPS) is 11.3. The maximum atomic E-state index is 9.34. The average Bonchev–Trinajstić information content (AvgIpc) is 2.37. The second-order valence-electron chi connectivity index (χ2n) is 3.57. The first-order valence-corrected chi connectivity index (χ1v) is 5.34. The van der Waals surface area contributed by atoms with Gasteiger partial charge in [0.15, 0.2) is 11.5 Å². The molecule has 0 fully saturated rings. The summed E-state index contributed by atoms with van der Waals surface area (Å²) in [6.07, 6.45) is 0.617. The van der Waals surface area contributed by atoms with E-state index in [0.29, 0.717) is 25.1 Å². The molecule has 0 bridgehead atoms. The molecule has 3 N–H and O–H groups in total. The number of hydrogen-bond donors (Lipinski definition) is 3. The van der Waals surface area contributed by atoms with Crippen molar-refractivity contribution in [2.24, 2.45) is 5.11 Å². The third-order valence-corrected chi connectivity index (χ3v) is 2.31. The van der Waals surface area contributed by atoms with Crippen LogP contribution in [0.2, 0.25) is 0 Å². The molecule has 0 heterocycles. The molecular weight excluding hydrogens is 234 g/mol. The van der Waals surface area contributed by atoms with Crippen LogP contribution in [0.4, 0.5) is 0 Å². The SMILES string of the molecule is N#CC(NCCCN=[N+]=[N-])c1ccc(O)c(O)c1. The molecule has 0 saturated carbocycles. The van der Waals surface area contributed by atoms with Crippen molar-refractivity contribution in [3.63, 3.8) is 0 Å². The predicted octanol–water partition coefficient (Wildman–Crippen LogP) is 1.95. The Morgan fingerprint density at radius 2 is 2.22 bits per heavy atom. The van der Waals surface area contributed by atoms with Gasteiger partial charge < -0.3 is 10.2 Å². The van der Waals surface area contributed by atoms with Crippen LogP contribution in [0.1, 0.15) is 18.0 Å². The van der Waals surface area contributed by atoms with E-state index in [-0.39, 0.29) is 11.5 Å². The first kappa shape index (κ1) is 13.6. The minimum atomic E-state index is -0.581. The van der Waals surface area contributed by atoms with E-state index in [9.17, 15) is 10.2 Å². The lowest BCUT2D eigenvalue weighted by molar-refractivity contribution is 0.402. The lowest BCUT2D eigenvalue weighted by Gasteiger charge is -2.12. The molecular formula is C11H13N5O2. The van der Waals surface area contributed by atoms with E-state index in [1.165, 1.54) is 12.1 Å². The molecule has 1 rings (SSSR count). The molecule has 7 nitrogen and oxygen atoms in total. The molecule has 0 aliphatic carbocycles. The van der Waals surface area contributed by atoms with Gasteiger partial charge >= 0.3 is 0 Å². The van der Waals surface area contributed by atoms with Gasteiger partial charge in [-0.15, -0.1) is 0 Å². The fraction of sp³-hybridized carbons (Fsp3) is 0.364. The van der Waals surface area contributed by atoms with Crippen LogP contribution in [0, 0.1) is 11.3 Å². The van der Waals surface area contributed by atoms with E-state index in [2.05, 4.69) is 15.3 Å². The van der Waals surface area contributed by atoms with Crippen LogP contribution in [0.5, 0.6) is 11.5 Å². The van der Waals surface area contributed by atoms with Crippen LogP contribution in [0.25, 0.3) is 10.4 Å². The number of phenolic OH excluding ortho intramolecular Hbond substituents is 2. The second kappa shape index (κ2) is 7.01. The topological polar surface area (TPSA) is 125 Å². The summed E-state index contributed by atoms with van der Waals surface area (Å²) in [5, 5.41) is 33.9. The largest absolute Gasteiger partial charge is 0.504 e. The minimum Gasteiger partial charge on any atom is -0.504 e. The zero-order valence-electron chi connectivity index (χ0n) is 9.61. The van der Waals surface area contributed by atoms with Crippen molar-refractivity contribution in [3.05, 3.63) is 34.2 Å². The number of aromatic hydroxyl groups is 2. The summed E-state index contributed by atoms with van der Waals surface area (Å²) >= 11 is 0. The third-order valence-electron chi connectivity index (χ3n) is 2.31. The van der Waals surface area contributed by atoms with Crippen LogP contribution in [-0.2, 0) is 0 Å². The number of rotatable bonds is 6. The molecule has 0 spiro atoms. The van der Waals surface area contributed by atoms with Gasteiger partial charge in [0, 0.05) is 11.5 Å². The summed E-state index contributed by atoms with van der Waals surface area (Å²) in [4.78, 5) is 2.62. The number of nitrogens with zero attached hydrogens (tertiary/aromatic N) is 4. The van der Waals surface area contributed by atoms with Gasteiger partial charge in [-0.2, -0.15) is 5.26 Å². The summed E-state index contributed by atoms with van der Waals surface area (Å²) in [5.41, 5.74) is 8.66. The Labute approximate surface area is 104 Å². The smallest absolute Gasteiger partial charge is 0.157 e. The molecule has 1 unspecified atom stereocenters. The Balaban J connectivity index is 2.58. The highest BCUT2D eigenvalue weighted by Crippen LogP contribution is 2.27. The molecule has 0 aliphatic heterocycles. The van der Waals surface area contributed by atoms with Gasteiger partial charge in [0.1, 0.15) is 6.04 Å². The van der Waals surface area contributed by atoms with E-state index in [1.54, 1.807) is 6.07 Å². The molecule has 7 heteroatoms. The van der Waals surface area contributed by atoms with Crippen molar-refractivity contribution in [2.45, 2.75) is 12.5 Å². The highest BCUT2D eigenvalue weighted by molar-refractivity contribution is 5.42. The van der Waals surface area contributed by atoms with E-state index in [4.69, 9.17) is 10.8 Å². The minimum absolute atomic E-state index is 0.223. The molecule has 0 aromatic heterocycles. The van der Waals surface area contributed by atoms with Crippen LogP contribution < -0.4 is 5.32 Å². The van der Waals surface area contributed by atoms with Gasteiger partial charge in [-0.05, 0) is 36.2 Å². The van der Waals surface area contributed by atoms with Gasteiger partial charge in [0.25, 0.3) is 0 Å². The number of azide groups is 1. The van der Waals surface area contributed by atoms with Crippen molar-refractivity contribution >= 4 is 0 Å². The summed E-state index contributed by atoms with van der Waals surface area (Å²) in [5.74, 6) is -0.484. The number of hydrogen-bond acceptors (Lipinski definition) is 5. The molecule has 1 aromatic rings. The Morgan fingerprint density at radius 1 is 1.44 bits per heavy atom. The van der Waals surface area contributed by atoms with E-state index in [1.807, 2.05) is 6.07 Å². The van der Waals surface area contributed by atoms with Gasteiger partial charge in [0.05, 0.1) is 6.07 Å². The molecule has 94 valence electrons. The van der Waals surface area contributed by atoms with Crippen molar-refractivity contribution in [1.82, 2.24) is 5.32 Å². The number of nitriles is 1. The monoisotopic (exact) mass is 247 g/mol. The van der Waals surface area contributed by atoms with Crippen molar-refractivity contribution in [3.8, 4) is 17.6 Å². The molecule has 0 amide bonds. The van der Waals surface area contributed by atoms with Crippen molar-refractivity contribution < 1.29 is 10.2 Å². The summed E-state index contributed by atoms with van der Waals surface area (Å²) in [6, 6.07) is 5.69. The van der Waals surface area contributed by atoms with Crippen LogP contribution >= 0.6 is 0 Å². The second-order valence-corrected chi connectivity index (χ2v) is 3.57. The van der Waals surface area contributed by atoms with Crippen molar-refractivity contribution in [2.75, 3.05) is 13.1 Å². The van der Waals surface area contributed by atoms with Crippen LogP contribution in [-0.4, -0.2) is 23.3 Å². The summed E-state index contributed by atoms with van der Waals surface area (Å²) in [6.45, 7) is 0.876. The molecule has 0 radical (unpaired) electrons. The van der Waals surface area contributed by atoms with Crippen molar-refractivity contribution in [1.29, 1.82) is 5.26 Å². The number of benzene rings is 1. The molecule has 0 saturated heterocycles. The summed E-state index contributed by atoms with van der Waals surface area (Å²) < 4.78 is 0. The third kappa shape index (κ3) is 3.87. The quantitative estimate of drug-likeness (QED) is 0.233. The highest BCUT2D eigenvalue weighted by atomic mass is 16.3. The maximum Gasteiger partial charge on any atom is 0.157 e. The Kier molecular flexibility index (Phi) is 5.32. The Morgan fingerprint density at radius 3 is 2.83 bits per heavy atom. The zero-order chi connectivity index (χ0) is 13.4. The lowest BCUT2D eigenvalue weighted by Crippen LogP contribution is -2.21. The van der Waals surface area contributed by atoms with Gasteiger partial charge in [-0.3, -0.25) is 5.32 Å². The Bertz CT molecular complexity index is 491. The highest BCUT2D eigenvalue weighted by Gasteiger charge is 2.11. The van der Waals surface area contributed by atoms with E-state index >= 15 is 0 Å². The average molecular weight is 247 g/mol. The van der Waals surface area contributed by atoms with Gasteiger partial charge in [-0.25, -0.2) is 0 Å². The van der Waals surface area contributed by atoms with Crippen LogP contribution in [0.3, 0.4) is 0 Å². The fourth-order valence-electron chi connectivity index (χ4n) is 1.40. The predicted molar refractivity (Wildman–Crippen MR) is 64.8 cm³/mol. The first-order chi connectivity index (χ1) is 8.69. The maximum absolute atomic E-state index is 9.34. The molecule has 18 heavy (non-hydrogen) atoms. The van der Waals surface area contributed by atoms with Gasteiger partial charge in [0.2, 0.25) is 0 Å². The number of phenols is 2. The molecule has 1 aromatic carbocycles. The zero-order valence-corrected chi connectivity index (χ0v) is 9.61. The van der Waals surface area contributed by atoms with E-state index < -0.39 is 6.04 Å². The summed E-state index contributed by atoms with van der Waals surface area (Å²) in [7, 11) is 0. The fourth-order valence-corrected chi connectivity index (χ4v) is 1.40. The molecule has 1 atom stereocenters. The first-order valence-electron chi connectivity index (χ1n) is 5.34. The Hall–Kier alpha value is -2.42. The number of nitrogens with one attached hydrogen (secondary N) is 1. The standard InChI is InChI=1S/C11H13N5O2/c12-7-9(14-4-1-5-15-16-13)8-2-3-10(17)11(18)6-8/h2-3,6,9,14,17-18H,1,4-5H2. The van der Waals surface area contributed by atoms with Crippen LogP contribution in [0.15, 0.2) is 23.3 Å². The van der Waals surface area contributed by atoms with E-state index in [0.717, 1.165) is 0 Å².